The first-order valence-corrected chi connectivity index (χ1v) is 4.65. The SMILES string of the molecule is CCc1ccc(C)cc1[C@H](N)CO. The third-order valence-corrected chi connectivity index (χ3v) is 2.28. The summed E-state index contributed by atoms with van der Waals surface area (Å²) in [4.78, 5) is 0. The van der Waals surface area contributed by atoms with E-state index in [-0.39, 0.29) is 12.6 Å². The fourth-order valence-corrected chi connectivity index (χ4v) is 1.48. The van der Waals surface area contributed by atoms with Crippen LogP contribution in [0.3, 0.4) is 0 Å². The predicted octanol–water partition coefficient (Wildman–Crippen LogP) is 1.55. The van der Waals surface area contributed by atoms with Crippen LogP contribution >= 0.6 is 0 Å². The van der Waals surface area contributed by atoms with Crippen LogP contribution in [-0.4, -0.2) is 11.7 Å². The lowest BCUT2D eigenvalue weighted by Gasteiger charge is -2.14. The van der Waals surface area contributed by atoms with E-state index in [0.29, 0.717) is 0 Å². The maximum Gasteiger partial charge on any atom is 0.0624 e. The maximum absolute atomic E-state index is 8.97. The Morgan fingerprint density at radius 2 is 2.15 bits per heavy atom. The molecule has 0 aromatic heterocycles. The molecule has 0 heterocycles. The lowest BCUT2D eigenvalue weighted by Crippen LogP contribution is -2.16. The van der Waals surface area contributed by atoms with E-state index in [2.05, 4.69) is 25.1 Å². The average molecular weight is 179 g/mol. The first kappa shape index (κ1) is 10.2. The molecule has 1 rings (SSSR count). The highest BCUT2D eigenvalue weighted by molar-refractivity contribution is 5.33. The first-order valence-electron chi connectivity index (χ1n) is 4.65. The molecule has 0 aliphatic heterocycles. The number of aryl methyl sites for hydroxylation is 2. The van der Waals surface area contributed by atoms with Gasteiger partial charge >= 0.3 is 0 Å². The molecule has 0 aliphatic carbocycles. The summed E-state index contributed by atoms with van der Waals surface area (Å²) in [7, 11) is 0. The largest absolute Gasteiger partial charge is 0.394 e. The predicted molar refractivity (Wildman–Crippen MR) is 54.6 cm³/mol. The summed E-state index contributed by atoms with van der Waals surface area (Å²) >= 11 is 0. The zero-order valence-corrected chi connectivity index (χ0v) is 8.25. The van der Waals surface area contributed by atoms with Crippen molar-refractivity contribution in [1.82, 2.24) is 0 Å². The number of aliphatic hydroxyl groups excluding tert-OH is 1. The highest BCUT2D eigenvalue weighted by atomic mass is 16.3. The molecular weight excluding hydrogens is 162 g/mol. The molecule has 1 aromatic rings. The van der Waals surface area contributed by atoms with E-state index < -0.39 is 0 Å². The molecule has 0 spiro atoms. The molecule has 72 valence electrons. The van der Waals surface area contributed by atoms with Crippen LogP contribution in [0.25, 0.3) is 0 Å². The van der Waals surface area contributed by atoms with Crippen LogP contribution in [0.15, 0.2) is 18.2 Å². The Hall–Kier alpha value is -0.860. The standard InChI is InChI=1S/C11H17NO/c1-3-9-5-4-8(2)6-10(9)11(12)7-13/h4-6,11,13H,3,7,12H2,1-2H3/t11-/m1/s1. The normalized spacial score (nSPS) is 12.9. The van der Waals surface area contributed by atoms with E-state index >= 15 is 0 Å². The molecule has 0 bridgehead atoms. The molecule has 0 unspecified atom stereocenters. The van der Waals surface area contributed by atoms with Crippen LogP contribution in [0.4, 0.5) is 0 Å². The van der Waals surface area contributed by atoms with Gasteiger partial charge in [-0.25, -0.2) is 0 Å². The molecule has 13 heavy (non-hydrogen) atoms. The Bertz CT molecular complexity index is 283. The first-order chi connectivity index (χ1) is 6.19. The van der Waals surface area contributed by atoms with Gasteiger partial charge in [0.25, 0.3) is 0 Å². The Balaban J connectivity index is 3.07. The van der Waals surface area contributed by atoms with Gasteiger partial charge in [0.2, 0.25) is 0 Å². The van der Waals surface area contributed by atoms with Crippen LogP contribution in [0.2, 0.25) is 0 Å². The molecule has 1 atom stereocenters. The number of benzene rings is 1. The minimum absolute atomic E-state index is 0.0104. The summed E-state index contributed by atoms with van der Waals surface area (Å²) in [5.74, 6) is 0. The Kier molecular flexibility index (Phi) is 3.46. The van der Waals surface area contributed by atoms with E-state index in [9.17, 15) is 0 Å². The Morgan fingerprint density at radius 1 is 1.46 bits per heavy atom. The maximum atomic E-state index is 8.97. The van der Waals surface area contributed by atoms with Gasteiger partial charge in [-0.15, -0.1) is 0 Å². The molecular formula is C11H17NO. The molecule has 1 aromatic carbocycles. The van der Waals surface area contributed by atoms with Crippen molar-refractivity contribution in [2.24, 2.45) is 5.73 Å². The molecule has 0 saturated heterocycles. The van der Waals surface area contributed by atoms with Gasteiger partial charge in [-0.1, -0.05) is 30.7 Å². The smallest absolute Gasteiger partial charge is 0.0624 e. The summed E-state index contributed by atoms with van der Waals surface area (Å²) in [5.41, 5.74) is 9.28. The zero-order chi connectivity index (χ0) is 9.84. The van der Waals surface area contributed by atoms with Crippen molar-refractivity contribution in [3.05, 3.63) is 34.9 Å². The zero-order valence-electron chi connectivity index (χ0n) is 8.25. The van der Waals surface area contributed by atoms with Crippen molar-refractivity contribution < 1.29 is 5.11 Å². The minimum atomic E-state index is -0.241. The van der Waals surface area contributed by atoms with Crippen LogP contribution in [0, 0.1) is 6.92 Å². The van der Waals surface area contributed by atoms with Gasteiger partial charge < -0.3 is 10.8 Å². The summed E-state index contributed by atoms with van der Waals surface area (Å²) in [6, 6.07) is 5.97. The Labute approximate surface area is 79.4 Å². The number of hydrogen-bond acceptors (Lipinski definition) is 2. The van der Waals surface area contributed by atoms with Gasteiger partial charge in [0.15, 0.2) is 0 Å². The van der Waals surface area contributed by atoms with Gasteiger partial charge in [0, 0.05) is 0 Å². The third kappa shape index (κ3) is 2.29. The number of hydrogen-bond donors (Lipinski definition) is 2. The van der Waals surface area contributed by atoms with E-state index in [4.69, 9.17) is 10.8 Å². The van der Waals surface area contributed by atoms with Gasteiger partial charge in [-0.2, -0.15) is 0 Å². The fraction of sp³-hybridized carbons (Fsp3) is 0.455. The van der Waals surface area contributed by atoms with Gasteiger partial charge in [0.05, 0.1) is 12.6 Å². The lowest BCUT2D eigenvalue weighted by molar-refractivity contribution is 0.267. The van der Waals surface area contributed by atoms with Crippen molar-refractivity contribution in [2.75, 3.05) is 6.61 Å². The van der Waals surface area contributed by atoms with Crippen molar-refractivity contribution in [2.45, 2.75) is 26.3 Å². The molecule has 0 saturated carbocycles. The summed E-state index contributed by atoms with van der Waals surface area (Å²) < 4.78 is 0. The van der Waals surface area contributed by atoms with Crippen LogP contribution in [-0.2, 0) is 6.42 Å². The molecule has 0 fully saturated rings. The number of aliphatic hydroxyl groups is 1. The highest BCUT2D eigenvalue weighted by Gasteiger charge is 2.08. The monoisotopic (exact) mass is 179 g/mol. The van der Waals surface area contributed by atoms with Crippen molar-refractivity contribution >= 4 is 0 Å². The second-order valence-electron chi connectivity index (χ2n) is 3.34. The number of rotatable bonds is 3. The van der Waals surface area contributed by atoms with Crippen molar-refractivity contribution in [3.8, 4) is 0 Å². The average Bonchev–Trinajstić information content (AvgIpc) is 2.16. The second-order valence-corrected chi connectivity index (χ2v) is 3.34. The molecule has 2 nitrogen and oxygen atoms in total. The van der Waals surface area contributed by atoms with E-state index in [1.807, 2.05) is 6.92 Å². The van der Waals surface area contributed by atoms with E-state index in [0.717, 1.165) is 12.0 Å². The summed E-state index contributed by atoms with van der Waals surface area (Å²) in [6.45, 7) is 4.14. The lowest BCUT2D eigenvalue weighted by atomic mass is 9.97. The van der Waals surface area contributed by atoms with Crippen LogP contribution in [0.1, 0.15) is 29.7 Å². The molecule has 0 amide bonds. The molecule has 0 radical (unpaired) electrons. The van der Waals surface area contributed by atoms with Gasteiger partial charge in [-0.05, 0) is 24.5 Å². The Morgan fingerprint density at radius 3 is 2.69 bits per heavy atom. The van der Waals surface area contributed by atoms with Crippen molar-refractivity contribution in [1.29, 1.82) is 0 Å². The topological polar surface area (TPSA) is 46.2 Å². The van der Waals surface area contributed by atoms with Gasteiger partial charge in [-0.3, -0.25) is 0 Å². The van der Waals surface area contributed by atoms with E-state index in [1.54, 1.807) is 0 Å². The summed E-state index contributed by atoms with van der Waals surface area (Å²) in [6.07, 6.45) is 0.962. The third-order valence-electron chi connectivity index (χ3n) is 2.28. The van der Waals surface area contributed by atoms with Crippen LogP contribution in [0.5, 0.6) is 0 Å². The minimum Gasteiger partial charge on any atom is -0.394 e. The molecule has 2 heteroatoms. The van der Waals surface area contributed by atoms with Crippen LogP contribution < -0.4 is 5.73 Å². The summed E-state index contributed by atoms with van der Waals surface area (Å²) in [5, 5.41) is 8.97. The second kappa shape index (κ2) is 4.40. The highest BCUT2D eigenvalue weighted by Crippen LogP contribution is 2.18. The number of nitrogens with two attached hydrogens (primary N) is 1. The van der Waals surface area contributed by atoms with E-state index in [1.165, 1.54) is 11.1 Å². The fourth-order valence-electron chi connectivity index (χ4n) is 1.48. The molecule has 3 N–H and O–H groups in total. The quantitative estimate of drug-likeness (QED) is 0.739. The molecule has 0 aliphatic rings. The van der Waals surface area contributed by atoms with Gasteiger partial charge in [0.1, 0.15) is 0 Å². The van der Waals surface area contributed by atoms with Crippen molar-refractivity contribution in [3.63, 3.8) is 0 Å².